The van der Waals surface area contributed by atoms with Gasteiger partial charge in [-0.2, -0.15) is 0 Å². The van der Waals surface area contributed by atoms with Crippen molar-refractivity contribution in [2.75, 3.05) is 6.61 Å². The van der Waals surface area contributed by atoms with Crippen molar-refractivity contribution < 1.29 is 9.53 Å². The molecule has 0 unspecified atom stereocenters. The maximum Gasteiger partial charge on any atom is 0.338 e. The third-order valence-electron chi connectivity index (χ3n) is 4.63. The smallest absolute Gasteiger partial charge is 0.338 e. The molecule has 0 fully saturated rings. The second-order valence-corrected chi connectivity index (χ2v) is 6.37. The van der Waals surface area contributed by atoms with Gasteiger partial charge in [-0.3, -0.25) is 4.99 Å². The summed E-state index contributed by atoms with van der Waals surface area (Å²) in [6.07, 6.45) is 3.79. The standard InChI is InChI=1S/C22H24N2O2/c1-4-5-14-26-22(25)17-10-12-18(13-11-17)23-15-20-16(2)24(3)21-9-7-6-8-19(20)21/h6-13,15H,4-5,14H2,1-3H3. The van der Waals surface area contributed by atoms with Gasteiger partial charge in [0.2, 0.25) is 0 Å². The SMILES string of the molecule is CCCCOC(=O)c1ccc(N=Cc2c(C)n(C)c3ccccc23)cc1. The number of carbonyl (C=O) groups is 1. The number of unbranched alkanes of at least 4 members (excludes halogenated alkanes) is 1. The molecule has 0 radical (unpaired) electrons. The van der Waals surface area contributed by atoms with Crippen molar-refractivity contribution in [3.63, 3.8) is 0 Å². The Morgan fingerprint density at radius 2 is 1.88 bits per heavy atom. The highest BCUT2D eigenvalue weighted by molar-refractivity contribution is 6.01. The van der Waals surface area contributed by atoms with Gasteiger partial charge in [0.05, 0.1) is 17.9 Å². The van der Waals surface area contributed by atoms with E-state index in [0.29, 0.717) is 12.2 Å². The molecule has 0 amide bonds. The molecule has 0 aliphatic carbocycles. The fraction of sp³-hybridized carbons (Fsp3) is 0.273. The zero-order valence-electron chi connectivity index (χ0n) is 15.5. The van der Waals surface area contributed by atoms with E-state index in [1.807, 2.05) is 30.5 Å². The average Bonchev–Trinajstić information content (AvgIpc) is 2.91. The normalized spacial score (nSPS) is 11.3. The van der Waals surface area contributed by atoms with E-state index in [-0.39, 0.29) is 5.97 Å². The molecule has 0 bridgehead atoms. The largest absolute Gasteiger partial charge is 0.462 e. The molecule has 26 heavy (non-hydrogen) atoms. The Morgan fingerprint density at radius 1 is 1.15 bits per heavy atom. The molecule has 4 heteroatoms. The van der Waals surface area contributed by atoms with E-state index in [9.17, 15) is 4.79 Å². The lowest BCUT2D eigenvalue weighted by Gasteiger charge is -2.03. The number of benzene rings is 2. The number of carbonyl (C=O) groups excluding carboxylic acids is 1. The molecule has 3 aromatic rings. The first-order valence-electron chi connectivity index (χ1n) is 8.97. The van der Waals surface area contributed by atoms with Crippen LogP contribution in [0.4, 0.5) is 5.69 Å². The van der Waals surface area contributed by atoms with Crippen LogP contribution < -0.4 is 0 Å². The Morgan fingerprint density at radius 3 is 2.62 bits per heavy atom. The van der Waals surface area contributed by atoms with Gasteiger partial charge < -0.3 is 9.30 Å². The summed E-state index contributed by atoms with van der Waals surface area (Å²) in [6.45, 7) is 4.63. The van der Waals surface area contributed by atoms with Crippen molar-refractivity contribution >= 4 is 28.8 Å². The summed E-state index contributed by atoms with van der Waals surface area (Å²) in [5.74, 6) is -0.279. The molecule has 134 valence electrons. The van der Waals surface area contributed by atoms with E-state index in [1.165, 1.54) is 16.6 Å². The van der Waals surface area contributed by atoms with Crippen LogP contribution in [0.2, 0.25) is 0 Å². The Kier molecular flexibility index (Phi) is 5.52. The van der Waals surface area contributed by atoms with Gasteiger partial charge >= 0.3 is 5.97 Å². The number of aryl methyl sites for hydroxylation is 1. The number of rotatable bonds is 6. The Labute approximate surface area is 154 Å². The molecular formula is C22H24N2O2. The van der Waals surface area contributed by atoms with Crippen LogP contribution in [-0.4, -0.2) is 23.4 Å². The van der Waals surface area contributed by atoms with E-state index in [1.54, 1.807) is 12.1 Å². The predicted octanol–water partition coefficient (Wildman–Crippen LogP) is 5.19. The lowest BCUT2D eigenvalue weighted by Crippen LogP contribution is -2.05. The van der Waals surface area contributed by atoms with Gasteiger partial charge in [0.1, 0.15) is 0 Å². The highest BCUT2D eigenvalue weighted by Crippen LogP contribution is 2.24. The number of esters is 1. The van der Waals surface area contributed by atoms with Gasteiger partial charge in [-0.15, -0.1) is 0 Å². The number of ether oxygens (including phenoxy) is 1. The van der Waals surface area contributed by atoms with E-state index in [4.69, 9.17) is 4.74 Å². The first-order valence-corrected chi connectivity index (χ1v) is 8.97. The number of aromatic nitrogens is 1. The predicted molar refractivity (Wildman–Crippen MR) is 107 cm³/mol. The molecule has 1 aromatic heterocycles. The van der Waals surface area contributed by atoms with Crippen molar-refractivity contribution in [3.8, 4) is 0 Å². The summed E-state index contributed by atoms with van der Waals surface area (Å²) in [5.41, 5.74) is 4.85. The van der Waals surface area contributed by atoms with Crippen LogP contribution in [0.15, 0.2) is 53.5 Å². The van der Waals surface area contributed by atoms with Gasteiger partial charge in [-0.25, -0.2) is 4.79 Å². The number of hydrogen-bond acceptors (Lipinski definition) is 3. The van der Waals surface area contributed by atoms with Crippen molar-refractivity contribution in [2.24, 2.45) is 12.0 Å². The summed E-state index contributed by atoms with van der Waals surface area (Å²) in [7, 11) is 2.06. The van der Waals surface area contributed by atoms with Crippen molar-refractivity contribution in [3.05, 3.63) is 65.4 Å². The highest BCUT2D eigenvalue weighted by Gasteiger charge is 2.09. The Hall–Kier alpha value is -2.88. The second kappa shape index (κ2) is 8.00. The fourth-order valence-electron chi connectivity index (χ4n) is 2.93. The summed E-state index contributed by atoms with van der Waals surface area (Å²) in [5, 5.41) is 1.19. The van der Waals surface area contributed by atoms with Gasteiger partial charge in [0.25, 0.3) is 0 Å². The monoisotopic (exact) mass is 348 g/mol. The molecule has 0 saturated heterocycles. The zero-order valence-corrected chi connectivity index (χ0v) is 15.5. The summed E-state index contributed by atoms with van der Waals surface area (Å²) < 4.78 is 7.40. The molecule has 0 spiro atoms. The average molecular weight is 348 g/mol. The lowest BCUT2D eigenvalue weighted by atomic mass is 10.1. The fourth-order valence-corrected chi connectivity index (χ4v) is 2.93. The quantitative estimate of drug-likeness (QED) is 0.349. The third-order valence-corrected chi connectivity index (χ3v) is 4.63. The minimum Gasteiger partial charge on any atom is -0.462 e. The zero-order chi connectivity index (χ0) is 18.5. The first-order chi connectivity index (χ1) is 12.6. The molecule has 0 aliphatic heterocycles. The third kappa shape index (κ3) is 3.69. The maximum atomic E-state index is 11.9. The van der Waals surface area contributed by atoms with Crippen LogP contribution in [0.1, 0.15) is 41.4 Å². The van der Waals surface area contributed by atoms with Gasteiger partial charge in [0.15, 0.2) is 0 Å². The Bertz CT molecular complexity index is 937. The van der Waals surface area contributed by atoms with Crippen LogP contribution in [0.25, 0.3) is 10.9 Å². The van der Waals surface area contributed by atoms with Crippen molar-refractivity contribution in [2.45, 2.75) is 26.7 Å². The second-order valence-electron chi connectivity index (χ2n) is 6.37. The van der Waals surface area contributed by atoms with Crippen molar-refractivity contribution in [1.29, 1.82) is 0 Å². The number of hydrogen-bond donors (Lipinski definition) is 0. The van der Waals surface area contributed by atoms with Crippen LogP contribution >= 0.6 is 0 Å². The molecule has 1 heterocycles. The summed E-state index contributed by atoms with van der Waals surface area (Å²) in [6, 6.07) is 15.5. The molecular weight excluding hydrogens is 324 g/mol. The first kappa shape index (κ1) is 17.9. The minimum atomic E-state index is -0.279. The van der Waals surface area contributed by atoms with Gasteiger partial charge in [-0.1, -0.05) is 31.5 Å². The van der Waals surface area contributed by atoms with E-state index in [0.717, 1.165) is 24.1 Å². The topological polar surface area (TPSA) is 43.6 Å². The number of para-hydroxylation sites is 1. The maximum absolute atomic E-state index is 11.9. The van der Waals surface area contributed by atoms with Crippen LogP contribution in [0.3, 0.4) is 0 Å². The minimum absolute atomic E-state index is 0.279. The van der Waals surface area contributed by atoms with Crippen LogP contribution in [0.5, 0.6) is 0 Å². The van der Waals surface area contributed by atoms with Crippen molar-refractivity contribution in [1.82, 2.24) is 4.57 Å². The number of fused-ring (bicyclic) bond motifs is 1. The Balaban J connectivity index is 1.78. The van der Waals surface area contributed by atoms with Gasteiger partial charge in [0, 0.05) is 35.4 Å². The molecule has 4 nitrogen and oxygen atoms in total. The molecule has 0 saturated carbocycles. The van der Waals surface area contributed by atoms with E-state index in [2.05, 4.69) is 42.6 Å². The van der Waals surface area contributed by atoms with Crippen LogP contribution in [-0.2, 0) is 11.8 Å². The molecule has 0 atom stereocenters. The number of aliphatic imine (C=N–C) groups is 1. The molecule has 0 aliphatic rings. The lowest BCUT2D eigenvalue weighted by molar-refractivity contribution is 0.0500. The molecule has 3 rings (SSSR count). The number of nitrogens with zero attached hydrogens (tertiary/aromatic N) is 2. The van der Waals surface area contributed by atoms with E-state index < -0.39 is 0 Å². The van der Waals surface area contributed by atoms with Gasteiger partial charge in [-0.05, 0) is 43.7 Å². The summed E-state index contributed by atoms with van der Waals surface area (Å²) in [4.78, 5) is 16.5. The molecule has 2 aromatic carbocycles. The van der Waals surface area contributed by atoms with Crippen LogP contribution in [0, 0.1) is 6.92 Å². The summed E-state index contributed by atoms with van der Waals surface area (Å²) >= 11 is 0. The van der Waals surface area contributed by atoms with E-state index >= 15 is 0 Å². The molecule has 0 N–H and O–H groups in total. The highest BCUT2D eigenvalue weighted by atomic mass is 16.5.